The van der Waals surface area contributed by atoms with Gasteiger partial charge in [0.15, 0.2) is 0 Å². The van der Waals surface area contributed by atoms with Crippen LogP contribution in [0.3, 0.4) is 0 Å². The molecule has 0 aliphatic heterocycles. The Hall–Kier alpha value is -1.83. The minimum absolute atomic E-state index is 0.314. The maximum Gasteiger partial charge on any atom is 0.244 e. The Morgan fingerprint density at radius 3 is 2.52 bits per heavy atom. The molecule has 1 atom stereocenters. The van der Waals surface area contributed by atoms with E-state index in [9.17, 15) is 12.8 Å². The molecule has 1 aromatic carbocycles. The summed E-state index contributed by atoms with van der Waals surface area (Å²) in [5.74, 6) is -0.893. The maximum atomic E-state index is 13.8. The second kappa shape index (κ2) is 6.30. The molecule has 1 heterocycles. The average Bonchev–Trinajstić information content (AvgIpc) is 2.47. The van der Waals surface area contributed by atoms with Gasteiger partial charge in [0.05, 0.1) is 6.61 Å². The second-order valence-electron chi connectivity index (χ2n) is 4.55. The largest absolute Gasteiger partial charge is 0.392 e. The van der Waals surface area contributed by atoms with E-state index < -0.39 is 26.8 Å². The molecule has 5 nitrogen and oxygen atoms in total. The molecule has 0 aliphatic carbocycles. The predicted molar refractivity (Wildman–Crippen MR) is 75.3 cm³/mol. The van der Waals surface area contributed by atoms with Crippen molar-refractivity contribution in [3.05, 3.63) is 59.7 Å². The van der Waals surface area contributed by atoms with E-state index in [0.29, 0.717) is 5.56 Å². The fourth-order valence-electron chi connectivity index (χ4n) is 1.88. The van der Waals surface area contributed by atoms with Gasteiger partial charge in [-0.2, -0.15) is 0 Å². The number of nitrogens with zero attached hydrogens (tertiary/aromatic N) is 1. The first-order valence-electron chi connectivity index (χ1n) is 6.25. The summed E-state index contributed by atoms with van der Waals surface area (Å²) in [6.45, 7) is 1.31. The highest BCUT2D eigenvalue weighted by Crippen LogP contribution is 2.19. The van der Waals surface area contributed by atoms with Crippen molar-refractivity contribution < 1.29 is 17.9 Å². The number of halogens is 1. The fraction of sp³-hybridized carbons (Fsp3) is 0.214. The smallest absolute Gasteiger partial charge is 0.244 e. The van der Waals surface area contributed by atoms with E-state index in [-0.39, 0.29) is 6.61 Å². The number of hydrogen-bond donors (Lipinski definition) is 2. The van der Waals surface area contributed by atoms with Crippen molar-refractivity contribution in [2.75, 3.05) is 0 Å². The van der Waals surface area contributed by atoms with E-state index >= 15 is 0 Å². The second-order valence-corrected chi connectivity index (χ2v) is 6.23. The number of nitrogens with one attached hydrogen (secondary N) is 1. The molecule has 0 saturated heterocycles. The number of aliphatic hydroxyl groups is 1. The monoisotopic (exact) mass is 310 g/mol. The van der Waals surface area contributed by atoms with Gasteiger partial charge in [-0.3, -0.25) is 4.98 Å². The molecular formula is C14H15FN2O3S. The van der Waals surface area contributed by atoms with Crippen LogP contribution < -0.4 is 4.72 Å². The Bertz CT molecular complexity index is 720. The third-order valence-electron chi connectivity index (χ3n) is 3.01. The lowest BCUT2D eigenvalue weighted by molar-refractivity contribution is 0.281. The number of rotatable bonds is 5. The zero-order chi connectivity index (χ0) is 15.5. The van der Waals surface area contributed by atoms with Crippen molar-refractivity contribution in [2.45, 2.75) is 24.5 Å². The lowest BCUT2D eigenvalue weighted by atomic mass is 10.1. The Kier molecular flexibility index (Phi) is 4.66. The van der Waals surface area contributed by atoms with Crippen molar-refractivity contribution in [1.29, 1.82) is 0 Å². The Morgan fingerprint density at radius 1 is 1.29 bits per heavy atom. The normalized spacial score (nSPS) is 13.1. The molecule has 0 bridgehead atoms. The van der Waals surface area contributed by atoms with Gasteiger partial charge < -0.3 is 5.11 Å². The zero-order valence-electron chi connectivity index (χ0n) is 11.3. The molecule has 2 aromatic rings. The molecule has 7 heteroatoms. The van der Waals surface area contributed by atoms with E-state index in [2.05, 4.69) is 9.71 Å². The van der Waals surface area contributed by atoms with Crippen LogP contribution in [0.5, 0.6) is 0 Å². The average molecular weight is 310 g/mol. The topological polar surface area (TPSA) is 79.3 Å². The molecule has 1 aromatic heterocycles. The molecule has 112 valence electrons. The Labute approximate surface area is 122 Å². The van der Waals surface area contributed by atoms with E-state index in [1.54, 1.807) is 31.5 Å². The quantitative estimate of drug-likeness (QED) is 0.882. The van der Waals surface area contributed by atoms with Gasteiger partial charge in [-0.15, -0.1) is 0 Å². The first-order chi connectivity index (χ1) is 9.94. The van der Waals surface area contributed by atoms with Crippen LogP contribution in [0.1, 0.15) is 24.1 Å². The van der Waals surface area contributed by atoms with E-state index in [1.165, 1.54) is 6.07 Å². The number of pyridine rings is 1. The third kappa shape index (κ3) is 3.63. The van der Waals surface area contributed by atoms with Crippen LogP contribution in [0.15, 0.2) is 47.6 Å². The van der Waals surface area contributed by atoms with Gasteiger partial charge in [0, 0.05) is 18.4 Å². The standard InChI is InChI=1S/C14H15FN2O3S/c1-10(12-4-6-16-7-5-12)17-21(19,20)14-3-2-11(9-18)8-13(14)15/h2-8,10,17-18H,9H2,1H3. The van der Waals surface area contributed by atoms with Crippen LogP contribution in [0.4, 0.5) is 4.39 Å². The lowest BCUT2D eigenvalue weighted by Crippen LogP contribution is -2.27. The zero-order valence-corrected chi connectivity index (χ0v) is 12.1. The molecule has 0 spiro atoms. The molecule has 2 N–H and O–H groups in total. The van der Waals surface area contributed by atoms with Crippen molar-refractivity contribution in [3.63, 3.8) is 0 Å². The van der Waals surface area contributed by atoms with Gasteiger partial charge in [-0.1, -0.05) is 6.07 Å². The number of hydrogen-bond acceptors (Lipinski definition) is 4. The van der Waals surface area contributed by atoms with Crippen molar-refractivity contribution in [1.82, 2.24) is 9.71 Å². The number of aromatic nitrogens is 1. The summed E-state index contributed by atoms with van der Waals surface area (Å²) in [4.78, 5) is 3.41. The van der Waals surface area contributed by atoms with Gasteiger partial charge in [0.1, 0.15) is 10.7 Å². The van der Waals surface area contributed by atoms with Crippen LogP contribution in [-0.2, 0) is 16.6 Å². The van der Waals surface area contributed by atoms with Crippen LogP contribution in [0.2, 0.25) is 0 Å². The van der Waals surface area contributed by atoms with Crippen molar-refractivity contribution in [3.8, 4) is 0 Å². The SMILES string of the molecule is CC(NS(=O)(=O)c1ccc(CO)cc1F)c1ccncc1. The minimum atomic E-state index is -3.99. The summed E-state index contributed by atoms with van der Waals surface area (Å²) in [5.41, 5.74) is 1.04. The highest BCUT2D eigenvalue weighted by molar-refractivity contribution is 7.89. The molecule has 0 amide bonds. The number of benzene rings is 1. The van der Waals surface area contributed by atoms with E-state index in [4.69, 9.17) is 5.11 Å². The van der Waals surface area contributed by atoms with Gasteiger partial charge in [0.25, 0.3) is 0 Å². The molecular weight excluding hydrogens is 295 g/mol. The van der Waals surface area contributed by atoms with E-state index in [0.717, 1.165) is 17.7 Å². The highest BCUT2D eigenvalue weighted by atomic mass is 32.2. The minimum Gasteiger partial charge on any atom is -0.392 e. The summed E-state index contributed by atoms with van der Waals surface area (Å²) < 4.78 is 40.7. The Balaban J connectivity index is 2.26. The van der Waals surface area contributed by atoms with E-state index in [1.807, 2.05) is 0 Å². The van der Waals surface area contributed by atoms with Crippen LogP contribution in [-0.4, -0.2) is 18.5 Å². The van der Waals surface area contributed by atoms with Crippen LogP contribution >= 0.6 is 0 Å². The molecule has 2 rings (SSSR count). The van der Waals surface area contributed by atoms with Crippen LogP contribution in [0.25, 0.3) is 0 Å². The van der Waals surface area contributed by atoms with Crippen molar-refractivity contribution >= 4 is 10.0 Å². The van der Waals surface area contributed by atoms with Crippen LogP contribution in [0, 0.1) is 5.82 Å². The van der Waals surface area contributed by atoms with Gasteiger partial charge in [0.2, 0.25) is 10.0 Å². The molecule has 0 radical (unpaired) electrons. The predicted octanol–water partition coefficient (Wildman–Crippen LogP) is 1.75. The molecule has 0 saturated carbocycles. The number of aliphatic hydroxyl groups excluding tert-OH is 1. The molecule has 1 unspecified atom stereocenters. The summed E-state index contributed by atoms with van der Waals surface area (Å²) in [6.07, 6.45) is 3.10. The first kappa shape index (κ1) is 15.6. The summed E-state index contributed by atoms with van der Waals surface area (Å²) >= 11 is 0. The number of sulfonamides is 1. The lowest BCUT2D eigenvalue weighted by Gasteiger charge is -2.15. The molecule has 21 heavy (non-hydrogen) atoms. The third-order valence-corrected chi connectivity index (χ3v) is 4.58. The van der Waals surface area contributed by atoms with Gasteiger partial charge in [-0.05, 0) is 42.3 Å². The van der Waals surface area contributed by atoms with Gasteiger partial charge in [-0.25, -0.2) is 17.5 Å². The Morgan fingerprint density at radius 2 is 1.95 bits per heavy atom. The van der Waals surface area contributed by atoms with Gasteiger partial charge >= 0.3 is 0 Å². The summed E-state index contributed by atoms with van der Waals surface area (Å²) in [6, 6.07) is 6.36. The summed E-state index contributed by atoms with van der Waals surface area (Å²) in [5, 5.41) is 8.91. The summed E-state index contributed by atoms with van der Waals surface area (Å²) in [7, 11) is -3.99. The fourth-order valence-corrected chi connectivity index (χ4v) is 3.17. The van der Waals surface area contributed by atoms with Crippen molar-refractivity contribution in [2.24, 2.45) is 0 Å². The highest BCUT2D eigenvalue weighted by Gasteiger charge is 2.22. The maximum absolute atomic E-state index is 13.8. The first-order valence-corrected chi connectivity index (χ1v) is 7.74. The molecule has 0 aliphatic rings. The molecule has 0 fully saturated rings.